The maximum Gasteiger partial charge on any atom is 0.332 e. The van der Waals surface area contributed by atoms with Gasteiger partial charge in [0.1, 0.15) is 0 Å². The molecule has 4 rings (SSSR count). The molecule has 0 atom stereocenters. The minimum atomic E-state index is -0.286. The molecule has 0 saturated heterocycles. The third kappa shape index (κ3) is 2.61. The summed E-state index contributed by atoms with van der Waals surface area (Å²) in [6.07, 6.45) is 3.35. The maximum absolute atomic E-state index is 13.0. The average Bonchev–Trinajstić information content (AvgIpc) is 2.97. The van der Waals surface area contributed by atoms with E-state index in [-0.39, 0.29) is 17.3 Å². The highest BCUT2D eigenvalue weighted by Crippen LogP contribution is 2.35. The molecular formula is C18H19ClN4O2. The predicted molar refractivity (Wildman–Crippen MR) is 97.2 cm³/mol. The number of benzene rings is 1. The van der Waals surface area contributed by atoms with Crippen LogP contribution in [0.3, 0.4) is 0 Å². The first-order valence-corrected chi connectivity index (χ1v) is 8.74. The van der Waals surface area contributed by atoms with Gasteiger partial charge in [-0.2, -0.15) is 0 Å². The van der Waals surface area contributed by atoms with Crippen LogP contribution in [-0.2, 0) is 13.6 Å². The molecule has 1 fully saturated rings. The van der Waals surface area contributed by atoms with Crippen molar-refractivity contribution in [1.29, 1.82) is 0 Å². The Morgan fingerprint density at radius 2 is 1.88 bits per heavy atom. The highest BCUT2D eigenvalue weighted by molar-refractivity contribution is 6.30. The summed E-state index contributed by atoms with van der Waals surface area (Å²) in [7, 11) is 1.67. The molecule has 2 aromatic heterocycles. The molecule has 6 nitrogen and oxygen atoms in total. The van der Waals surface area contributed by atoms with Crippen molar-refractivity contribution >= 4 is 22.8 Å². The van der Waals surface area contributed by atoms with Gasteiger partial charge in [-0.15, -0.1) is 0 Å². The van der Waals surface area contributed by atoms with Gasteiger partial charge in [0.15, 0.2) is 11.2 Å². The van der Waals surface area contributed by atoms with Crippen molar-refractivity contribution in [2.24, 2.45) is 13.0 Å². The Morgan fingerprint density at radius 1 is 1.20 bits per heavy atom. The Morgan fingerprint density at radius 3 is 2.52 bits per heavy atom. The smallest absolute Gasteiger partial charge is 0.320 e. The summed E-state index contributed by atoms with van der Waals surface area (Å²) in [5.74, 6) is 0.552. The molecule has 0 radical (unpaired) electrons. The average molecular weight is 359 g/mol. The number of imidazole rings is 1. The Bertz CT molecular complexity index is 1060. The van der Waals surface area contributed by atoms with Crippen LogP contribution in [0.25, 0.3) is 11.2 Å². The van der Waals surface area contributed by atoms with Gasteiger partial charge in [0.05, 0.1) is 6.33 Å². The second-order valence-corrected chi connectivity index (χ2v) is 7.35. The summed E-state index contributed by atoms with van der Waals surface area (Å²) >= 11 is 5.93. The van der Waals surface area contributed by atoms with Crippen molar-refractivity contribution in [3.8, 4) is 0 Å². The zero-order valence-electron chi connectivity index (χ0n) is 14.1. The van der Waals surface area contributed by atoms with Crippen LogP contribution in [0.2, 0.25) is 5.02 Å². The molecule has 1 aliphatic rings. The first-order valence-electron chi connectivity index (χ1n) is 8.36. The van der Waals surface area contributed by atoms with Crippen molar-refractivity contribution in [3.05, 3.63) is 62.0 Å². The van der Waals surface area contributed by atoms with Crippen molar-refractivity contribution in [1.82, 2.24) is 18.7 Å². The molecule has 1 saturated carbocycles. The van der Waals surface area contributed by atoms with E-state index in [0.717, 1.165) is 18.4 Å². The molecule has 1 aliphatic carbocycles. The Hall–Kier alpha value is -2.34. The minimum absolute atomic E-state index is 0.00974. The third-order valence-electron chi connectivity index (χ3n) is 5.03. The number of nitrogens with zero attached hydrogens (tertiary/aromatic N) is 4. The fourth-order valence-corrected chi connectivity index (χ4v) is 3.71. The fraction of sp³-hybridized carbons (Fsp3) is 0.389. The number of aryl methyl sites for hydroxylation is 1. The molecule has 0 bridgehead atoms. The number of aromatic nitrogens is 4. The second kappa shape index (κ2) is 5.88. The molecule has 0 aliphatic heterocycles. The van der Waals surface area contributed by atoms with Gasteiger partial charge in [0, 0.05) is 24.7 Å². The van der Waals surface area contributed by atoms with E-state index in [4.69, 9.17) is 11.6 Å². The van der Waals surface area contributed by atoms with Gasteiger partial charge < -0.3 is 4.57 Å². The molecule has 25 heavy (non-hydrogen) atoms. The molecule has 3 aromatic rings. The quantitative estimate of drug-likeness (QED) is 0.723. The molecule has 0 spiro atoms. The van der Waals surface area contributed by atoms with Gasteiger partial charge in [-0.25, -0.2) is 9.78 Å². The third-order valence-corrected chi connectivity index (χ3v) is 5.28. The standard InChI is InChI=1S/C18H19ClN4O2/c1-11-7-14(8-11)23-17(24)15-16(21(2)18(23)25)20-10-22(15)9-12-3-5-13(19)6-4-12/h3-6,10-11,14H,7-9H2,1-2H3. The lowest BCUT2D eigenvalue weighted by molar-refractivity contribution is 0.204. The van der Waals surface area contributed by atoms with E-state index >= 15 is 0 Å². The SMILES string of the molecule is CC1CC(n2c(=O)c3c(ncn3Cc3ccc(Cl)cc3)n(C)c2=O)C1. The van der Waals surface area contributed by atoms with Crippen LogP contribution >= 0.6 is 11.6 Å². The van der Waals surface area contributed by atoms with E-state index in [9.17, 15) is 9.59 Å². The van der Waals surface area contributed by atoms with E-state index in [1.165, 1.54) is 9.13 Å². The summed E-state index contributed by atoms with van der Waals surface area (Å²) in [5, 5.41) is 0.670. The van der Waals surface area contributed by atoms with Crippen LogP contribution in [0.4, 0.5) is 0 Å². The number of rotatable bonds is 3. The lowest BCUT2D eigenvalue weighted by Gasteiger charge is -2.33. The predicted octanol–water partition coefficient (Wildman–Crippen LogP) is 2.57. The summed E-state index contributed by atoms with van der Waals surface area (Å²) in [6.45, 7) is 2.64. The van der Waals surface area contributed by atoms with Crippen LogP contribution in [0.1, 0.15) is 31.4 Å². The Kier molecular flexibility index (Phi) is 3.80. The molecule has 0 unspecified atom stereocenters. The van der Waals surface area contributed by atoms with Crippen LogP contribution < -0.4 is 11.2 Å². The lowest BCUT2D eigenvalue weighted by Crippen LogP contribution is -2.45. The van der Waals surface area contributed by atoms with Gasteiger partial charge in [0.25, 0.3) is 5.56 Å². The zero-order chi connectivity index (χ0) is 17.7. The second-order valence-electron chi connectivity index (χ2n) is 6.92. The minimum Gasteiger partial charge on any atom is -0.320 e. The van der Waals surface area contributed by atoms with E-state index in [1.807, 2.05) is 24.3 Å². The fourth-order valence-electron chi connectivity index (χ4n) is 3.59. The van der Waals surface area contributed by atoms with Gasteiger partial charge >= 0.3 is 5.69 Å². The largest absolute Gasteiger partial charge is 0.332 e. The molecular weight excluding hydrogens is 340 g/mol. The molecule has 7 heteroatoms. The van der Waals surface area contributed by atoms with Crippen LogP contribution in [0.5, 0.6) is 0 Å². The van der Waals surface area contributed by atoms with Crippen LogP contribution in [0.15, 0.2) is 40.2 Å². The lowest BCUT2D eigenvalue weighted by atomic mass is 9.82. The summed E-state index contributed by atoms with van der Waals surface area (Å²) in [6, 6.07) is 7.47. The maximum atomic E-state index is 13.0. The molecule has 0 amide bonds. The summed E-state index contributed by atoms with van der Waals surface area (Å²) in [5.41, 5.74) is 1.37. The van der Waals surface area contributed by atoms with Crippen LogP contribution in [-0.4, -0.2) is 18.7 Å². The van der Waals surface area contributed by atoms with Gasteiger partial charge in [-0.1, -0.05) is 30.7 Å². The van der Waals surface area contributed by atoms with Gasteiger partial charge in [-0.3, -0.25) is 13.9 Å². The van der Waals surface area contributed by atoms with Gasteiger partial charge in [0.2, 0.25) is 0 Å². The first kappa shape index (κ1) is 16.1. The number of hydrogen-bond acceptors (Lipinski definition) is 3. The Labute approximate surface area is 149 Å². The highest BCUT2D eigenvalue weighted by atomic mass is 35.5. The van der Waals surface area contributed by atoms with Crippen molar-refractivity contribution in [3.63, 3.8) is 0 Å². The monoisotopic (exact) mass is 358 g/mol. The first-order chi connectivity index (χ1) is 12.0. The van der Waals surface area contributed by atoms with E-state index in [2.05, 4.69) is 11.9 Å². The number of fused-ring (bicyclic) bond motifs is 1. The van der Waals surface area contributed by atoms with E-state index in [0.29, 0.717) is 28.6 Å². The summed E-state index contributed by atoms with van der Waals surface area (Å²) in [4.78, 5) is 29.9. The van der Waals surface area contributed by atoms with Gasteiger partial charge in [-0.05, 0) is 36.5 Å². The number of halogens is 1. The van der Waals surface area contributed by atoms with Crippen LogP contribution in [0, 0.1) is 5.92 Å². The van der Waals surface area contributed by atoms with Crippen molar-refractivity contribution in [2.75, 3.05) is 0 Å². The number of hydrogen-bond donors (Lipinski definition) is 0. The van der Waals surface area contributed by atoms with E-state index < -0.39 is 0 Å². The van der Waals surface area contributed by atoms with Crippen molar-refractivity contribution < 1.29 is 0 Å². The highest BCUT2D eigenvalue weighted by Gasteiger charge is 2.31. The summed E-state index contributed by atoms with van der Waals surface area (Å²) < 4.78 is 4.68. The normalized spacial score (nSPS) is 20.0. The molecule has 1 aromatic carbocycles. The van der Waals surface area contributed by atoms with E-state index in [1.54, 1.807) is 17.9 Å². The molecule has 0 N–H and O–H groups in total. The van der Waals surface area contributed by atoms with Crippen molar-refractivity contribution in [2.45, 2.75) is 32.4 Å². The topological polar surface area (TPSA) is 61.8 Å². The Balaban J connectivity index is 1.85. The molecule has 2 heterocycles. The molecule has 130 valence electrons. The zero-order valence-corrected chi connectivity index (χ0v) is 14.9.